The zero-order valence-electron chi connectivity index (χ0n) is 9.94. The molecule has 1 aromatic rings. The van der Waals surface area contributed by atoms with Crippen LogP contribution in [0.15, 0.2) is 12.4 Å². The second-order valence-electron chi connectivity index (χ2n) is 4.59. The highest BCUT2D eigenvalue weighted by Gasteiger charge is 2.39. The van der Waals surface area contributed by atoms with Gasteiger partial charge in [0, 0.05) is 12.4 Å². The number of hydrogen-bond acceptors (Lipinski definition) is 4. The standard InChI is InChI=1S/C12H19N3O/c1-3-9-4-5-12(13,8-9)10-11(16-2)15-7-6-14-10/h6-7,9H,3-5,8,13H2,1-2H3. The maximum absolute atomic E-state index is 6.44. The Kier molecular flexibility index (Phi) is 3.10. The number of hydrogen-bond donors (Lipinski definition) is 1. The Morgan fingerprint density at radius 3 is 2.88 bits per heavy atom. The van der Waals surface area contributed by atoms with Crippen molar-refractivity contribution < 1.29 is 4.74 Å². The third-order valence-corrected chi connectivity index (χ3v) is 3.56. The number of methoxy groups -OCH3 is 1. The average Bonchev–Trinajstić information content (AvgIpc) is 2.72. The van der Waals surface area contributed by atoms with Crippen LogP contribution in [0.1, 0.15) is 38.3 Å². The molecule has 2 rings (SSSR count). The number of nitrogens with zero attached hydrogens (tertiary/aromatic N) is 2. The second kappa shape index (κ2) is 4.37. The lowest BCUT2D eigenvalue weighted by Crippen LogP contribution is -2.35. The van der Waals surface area contributed by atoms with Crippen molar-refractivity contribution in [1.82, 2.24) is 9.97 Å². The van der Waals surface area contributed by atoms with Gasteiger partial charge < -0.3 is 10.5 Å². The van der Waals surface area contributed by atoms with Gasteiger partial charge in [0.05, 0.1) is 12.6 Å². The number of rotatable bonds is 3. The summed E-state index contributed by atoms with van der Waals surface area (Å²) < 4.78 is 5.24. The molecule has 2 atom stereocenters. The molecule has 1 saturated carbocycles. The Morgan fingerprint density at radius 2 is 2.25 bits per heavy atom. The molecule has 0 aromatic carbocycles. The lowest BCUT2D eigenvalue weighted by atomic mass is 9.92. The van der Waals surface area contributed by atoms with Crippen LogP contribution in [0.3, 0.4) is 0 Å². The fourth-order valence-electron chi connectivity index (χ4n) is 2.56. The molecule has 0 spiro atoms. The molecule has 4 nitrogen and oxygen atoms in total. The van der Waals surface area contributed by atoms with Crippen molar-refractivity contribution in [3.63, 3.8) is 0 Å². The smallest absolute Gasteiger partial charge is 0.237 e. The monoisotopic (exact) mass is 221 g/mol. The van der Waals surface area contributed by atoms with Crippen LogP contribution in [0.5, 0.6) is 5.88 Å². The van der Waals surface area contributed by atoms with Crippen molar-refractivity contribution in [1.29, 1.82) is 0 Å². The summed E-state index contributed by atoms with van der Waals surface area (Å²) in [5.41, 5.74) is 6.91. The van der Waals surface area contributed by atoms with Crippen LogP contribution in [-0.4, -0.2) is 17.1 Å². The first kappa shape index (κ1) is 11.3. The zero-order chi connectivity index (χ0) is 11.6. The Labute approximate surface area is 96.2 Å². The van der Waals surface area contributed by atoms with Crippen LogP contribution >= 0.6 is 0 Å². The molecule has 4 heteroatoms. The molecule has 1 fully saturated rings. The molecule has 0 aliphatic heterocycles. The fourth-order valence-corrected chi connectivity index (χ4v) is 2.56. The molecule has 0 bridgehead atoms. The van der Waals surface area contributed by atoms with E-state index in [0.29, 0.717) is 11.8 Å². The van der Waals surface area contributed by atoms with Gasteiger partial charge in [-0.2, -0.15) is 0 Å². The van der Waals surface area contributed by atoms with Gasteiger partial charge in [-0.1, -0.05) is 13.3 Å². The van der Waals surface area contributed by atoms with Crippen LogP contribution in [0.25, 0.3) is 0 Å². The highest BCUT2D eigenvalue weighted by Crippen LogP contribution is 2.42. The van der Waals surface area contributed by atoms with Crippen molar-refractivity contribution in [2.75, 3.05) is 7.11 Å². The first-order chi connectivity index (χ1) is 7.69. The average molecular weight is 221 g/mol. The molecule has 88 valence electrons. The summed E-state index contributed by atoms with van der Waals surface area (Å²) in [6.07, 6.45) is 7.64. The number of ether oxygens (including phenoxy) is 1. The Bertz CT molecular complexity index is 369. The number of nitrogens with two attached hydrogens (primary N) is 1. The maximum Gasteiger partial charge on any atom is 0.237 e. The van der Waals surface area contributed by atoms with E-state index >= 15 is 0 Å². The molecule has 2 N–H and O–H groups in total. The van der Waals surface area contributed by atoms with Crippen molar-refractivity contribution >= 4 is 0 Å². The summed E-state index contributed by atoms with van der Waals surface area (Å²) in [5, 5.41) is 0. The van der Waals surface area contributed by atoms with Crippen LogP contribution in [0, 0.1) is 5.92 Å². The maximum atomic E-state index is 6.44. The van der Waals surface area contributed by atoms with E-state index in [9.17, 15) is 0 Å². The molecule has 2 unspecified atom stereocenters. The van der Waals surface area contributed by atoms with Crippen LogP contribution in [-0.2, 0) is 5.54 Å². The normalized spacial score (nSPS) is 29.3. The van der Waals surface area contributed by atoms with Crippen molar-refractivity contribution in [2.45, 2.75) is 38.1 Å². The van der Waals surface area contributed by atoms with E-state index in [-0.39, 0.29) is 5.54 Å². The summed E-state index contributed by atoms with van der Waals surface area (Å²) >= 11 is 0. The predicted molar refractivity (Wildman–Crippen MR) is 62.1 cm³/mol. The number of aromatic nitrogens is 2. The van der Waals surface area contributed by atoms with Gasteiger partial charge in [0.25, 0.3) is 0 Å². The van der Waals surface area contributed by atoms with E-state index in [1.165, 1.54) is 12.8 Å². The van der Waals surface area contributed by atoms with Gasteiger partial charge in [-0.25, -0.2) is 4.98 Å². The first-order valence-electron chi connectivity index (χ1n) is 5.84. The Hall–Kier alpha value is -1.16. The quantitative estimate of drug-likeness (QED) is 0.846. The minimum absolute atomic E-state index is 0.347. The van der Waals surface area contributed by atoms with Gasteiger partial charge in [0.2, 0.25) is 5.88 Å². The minimum atomic E-state index is -0.347. The summed E-state index contributed by atoms with van der Waals surface area (Å²) in [6, 6.07) is 0. The van der Waals surface area contributed by atoms with Crippen molar-refractivity contribution in [3.8, 4) is 5.88 Å². The highest BCUT2D eigenvalue weighted by molar-refractivity contribution is 5.27. The van der Waals surface area contributed by atoms with E-state index in [0.717, 1.165) is 18.5 Å². The van der Waals surface area contributed by atoms with Gasteiger partial charge in [0.15, 0.2) is 0 Å². The van der Waals surface area contributed by atoms with Gasteiger partial charge in [-0.15, -0.1) is 0 Å². The predicted octanol–water partition coefficient (Wildman–Crippen LogP) is 1.85. The molecule has 0 saturated heterocycles. The van der Waals surface area contributed by atoms with E-state index in [4.69, 9.17) is 10.5 Å². The molecule has 0 amide bonds. The van der Waals surface area contributed by atoms with E-state index in [1.54, 1.807) is 19.5 Å². The van der Waals surface area contributed by atoms with Crippen molar-refractivity contribution in [2.24, 2.45) is 11.7 Å². The molecule has 1 aromatic heterocycles. The topological polar surface area (TPSA) is 61.0 Å². The molecule has 1 heterocycles. The third-order valence-electron chi connectivity index (χ3n) is 3.56. The minimum Gasteiger partial charge on any atom is -0.480 e. The molecule has 16 heavy (non-hydrogen) atoms. The molecule has 1 aliphatic rings. The largest absolute Gasteiger partial charge is 0.480 e. The van der Waals surface area contributed by atoms with E-state index in [1.807, 2.05) is 0 Å². The lowest BCUT2D eigenvalue weighted by Gasteiger charge is -2.24. The van der Waals surface area contributed by atoms with Crippen molar-refractivity contribution in [3.05, 3.63) is 18.1 Å². The molecule has 0 radical (unpaired) electrons. The Balaban J connectivity index is 2.29. The molecular formula is C12H19N3O. The van der Waals surface area contributed by atoms with Gasteiger partial charge in [0.1, 0.15) is 5.69 Å². The third kappa shape index (κ3) is 1.89. The Morgan fingerprint density at radius 1 is 1.50 bits per heavy atom. The van der Waals surface area contributed by atoms with Crippen LogP contribution in [0.2, 0.25) is 0 Å². The second-order valence-corrected chi connectivity index (χ2v) is 4.59. The summed E-state index contributed by atoms with van der Waals surface area (Å²) in [4.78, 5) is 8.53. The lowest BCUT2D eigenvalue weighted by molar-refractivity contribution is 0.349. The SMILES string of the molecule is CCC1CCC(N)(c2nccnc2OC)C1. The fraction of sp³-hybridized carbons (Fsp3) is 0.667. The molecule has 1 aliphatic carbocycles. The van der Waals surface area contributed by atoms with E-state index < -0.39 is 0 Å². The van der Waals surface area contributed by atoms with Gasteiger partial charge >= 0.3 is 0 Å². The first-order valence-corrected chi connectivity index (χ1v) is 5.84. The highest BCUT2D eigenvalue weighted by atomic mass is 16.5. The van der Waals surface area contributed by atoms with Crippen LogP contribution < -0.4 is 10.5 Å². The summed E-state index contributed by atoms with van der Waals surface area (Å²) in [6.45, 7) is 2.21. The van der Waals surface area contributed by atoms with Gasteiger partial charge in [-0.3, -0.25) is 4.98 Å². The van der Waals surface area contributed by atoms with Gasteiger partial charge in [-0.05, 0) is 25.2 Å². The van der Waals surface area contributed by atoms with Crippen LogP contribution in [0.4, 0.5) is 0 Å². The molecular weight excluding hydrogens is 202 g/mol. The summed E-state index contributed by atoms with van der Waals surface area (Å²) in [7, 11) is 1.61. The van der Waals surface area contributed by atoms with E-state index in [2.05, 4.69) is 16.9 Å². The summed E-state index contributed by atoms with van der Waals surface area (Å²) in [5.74, 6) is 1.28. The zero-order valence-corrected chi connectivity index (χ0v) is 9.94.